The van der Waals surface area contributed by atoms with Crippen molar-refractivity contribution < 1.29 is 18.0 Å². The highest BCUT2D eigenvalue weighted by Crippen LogP contribution is 2.30. The topological polar surface area (TPSA) is 17.1 Å². The zero-order valence-electron chi connectivity index (χ0n) is 5.77. The number of halogens is 3. The Bertz CT molecular complexity index is 119. The summed E-state index contributed by atoms with van der Waals surface area (Å²) in [6, 6.07) is 0. The van der Waals surface area contributed by atoms with Crippen molar-refractivity contribution in [1.29, 1.82) is 0 Å². The molecule has 10 heavy (non-hydrogen) atoms. The highest BCUT2D eigenvalue weighted by atomic mass is 19.4. The fraction of sp³-hybridized carbons (Fsp3) is 0.833. The second kappa shape index (κ2) is 3.03. The predicted molar refractivity (Wildman–Crippen MR) is 30.4 cm³/mol. The molecule has 0 rings (SSSR count). The van der Waals surface area contributed by atoms with Gasteiger partial charge in [-0.25, -0.2) is 0 Å². The number of hydrogen-bond acceptors (Lipinski definition) is 1. The fourth-order valence-electron chi connectivity index (χ4n) is 0.416. The third-order valence-corrected chi connectivity index (χ3v) is 1.52. The molecule has 0 aromatic rings. The Balaban J connectivity index is 4.07. The van der Waals surface area contributed by atoms with Crippen LogP contribution < -0.4 is 0 Å². The van der Waals surface area contributed by atoms with E-state index in [4.69, 9.17) is 0 Å². The standard InChI is InChI=1S/C6H9F3O/c1-4(3-10)5(2)6(7,8)9/h3-5H,1-2H3. The van der Waals surface area contributed by atoms with Crippen molar-refractivity contribution in [2.24, 2.45) is 11.8 Å². The molecule has 0 aromatic carbocycles. The van der Waals surface area contributed by atoms with Gasteiger partial charge < -0.3 is 4.79 Å². The Kier molecular flexibility index (Phi) is 2.87. The van der Waals surface area contributed by atoms with Crippen LogP contribution in [-0.2, 0) is 4.79 Å². The second-order valence-corrected chi connectivity index (χ2v) is 2.33. The van der Waals surface area contributed by atoms with Crippen molar-refractivity contribution in [3.05, 3.63) is 0 Å². The van der Waals surface area contributed by atoms with Crippen molar-refractivity contribution in [2.45, 2.75) is 20.0 Å². The van der Waals surface area contributed by atoms with Crippen molar-refractivity contribution in [2.75, 3.05) is 0 Å². The third kappa shape index (κ3) is 2.37. The Morgan fingerprint density at radius 1 is 1.30 bits per heavy atom. The zero-order chi connectivity index (χ0) is 8.36. The normalized spacial score (nSPS) is 18.1. The summed E-state index contributed by atoms with van der Waals surface area (Å²) in [7, 11) is 0. The van der Waals surface area contributed by atoms with Crippen LogP contribution in [0, 0.1) is 11.8 Å². The lowest BCUT2D eigenvalue weighted by molar-refractivity contribution is -0.181. The lowest BCUT2D eigenvalue weighted by Gasteiger charge is -2.17. The number of aldehydes is 1. The molecule has 1 nitrogen and oxygen atoms in total. The second-order valence-electron chi connectivity index (χ2n) is 2.33. The van der Waals surface area contributed by atoms with Gasteiger partial charge in [-0.15, -0.1) is 0 Å². The molecular weight excluding hydrogens is 145 g/mol. The quantitative estimate of drug-likeness (QED) is 0.556. The molecule has 0 radical (unpaired) electrons. The van der Waals surface area contributed by atoms with E-state index in [0.717, 1.165) is 6.92 Å². The summed E-state index contributed by atoms with van der Waals surface area (Å²) in [6.07, 6.45) is -3.93. The SMILES string of the molecule is CC(C=O)C(C)C(F)(F)F. The fourth-order valence-corrected chi connectivity index (χ4v) is 0.416. The van der Waals surface area contributed by atoms with Gasteiger partial charge in [-0.1, -0.05) is 13.8 Å². The Morgan fingerprint density at radius 3 is 1.80 bits per heavy atom. The summed E-state index contributed by atoms with van der Waals surface area (Å²) in [6.45, 7) is 2.25. The van der Waals surface area contributed by atoms with Gasteiger partial charge in [0.25, 0.3) is 0 Å². The van der Waals surface area contributed by atoms with Crippen molar-refractivity contribution in [3.63, 3.8) is 0 Å². The molecule has 0 fully saturated rings. The number of rotatable bonds is 2. The van der Waals surface area contributed by atoms with E-state index in [2.05, 4.69) is 0 Å². The molecular formula is C6H9F3O. The van der Waals surface area contributed by atoms with Gasteiger partial charge in [-0.2, -0.15) is 13.2 Å². The van der Waals surface area contributed by atoms with Gasteiger partial charge in [0.15, 0.2) is 0 Å². The van der Waals surface area contributed by atoms with Gasteiger partial charge in [0.2, 0.25) is 0 Å². The van der Waals surface area contributed by atoms with Crippen molar-refractivity contribution in [3.8, 4) is 0 Å². The van der Waals surface area contributed by atoms with Gasteiger partial charge >= 0.3 is 6.18 Å². The molecule has 0 saturated carbocycles. The highest BCUT2D eigenvalue weighted by Gasteiger charge is 2.39. The molecule has 0 spiro atoms. The van der Waals surface area contributed by atoms with E-state index in [1.807, 2.05) is 0 Å². The summed E-state index contributed by atoms with van der Waals surface area (Å²) < 4.78 is 35.2. The van der Waals surface area contributed by atoms with Crippen molar-refractivity contribution in [1.82, 2.24) is 0 Å². The summed E-state index contributed by atoms with van der Waals surface area (Å²) in [5.41, 5.74) is 0. The van der Waals surface area contributed by atoms with Gasteiger partial charge in [0, 0.05) is 5.92 Å². The molecule has 0 aliphatic heterocycles. The molecule has 0 saturated heterocycles. The minimum atomic E-state index is -4.25. The first-order valence-electron chi connectivity index (χ1n) is 2.91. The van der Waals surface area contributed by atoms with Crippen LogP contribution in [-0.4, -0.2) is 12.5 Å². The molecule has 0 bridgehead atoms. The van der Waals surface area contributed by atoms with Crippen LogP contribution in [0.25, 0.3) is 0 Å². The summed E-state index contributed by atoms with van der Waals surface area (Å²) in [4.78, 5) is 9.89. The molecule has 0 aliphatic rings. The third-order valence-electron chi connectivity index (χ3n) is 1.52. The van der Waals surface area contributed by atoms with Crippen LogP contribution in [0.4, 0.5) is 13.2 Å². The van der Waals surface area contributed by atoms with E-state index >= 15 is 0 Å². The lowest BCUT2D eigenvalue weighted by Crippen LogP contribution is -2.26. The smallest absolute Gasteiger partial charge is 0.303 e. The van der Waals surface area contributed by atoms with Crippen LogP contribution in [0.5, 0.6) is 0 Å². The predicted octanol–water partition coefficient (Wildman–Crippen LogP) is 2.02. The maximum Gasteiger partial charge on any atom is 0.392 e. The minimum Gasteiger partial charge on any atom is -0.303 e. The molecule has 0 aliphatic carbocycles. The maximum absolute atomic E-state index is 11.7. The first-order chi connectivity index (χ1) is 4.39. The van der Waals surface area contributed by atoms with E-state index in [9.17, 15) is 18.0 Å². The minimum absolute atomic E-state index is 0.318. The van der Waals surface area contributed by atoms with Gasteiger partial charge in [0.05, 0.1) is 5.92 Å². The molecule has 0 aromatic heterocycles. The monoisotopic (exact) mass is 154 g/mol. The molecule has 0 heterocycles. The molecule has 60 valence electrons. The Labute approximate surface area is 57.2 Å². The lowest BCUT2D eigenvalue weighted by atomic mass is 9.97. The van der Waals surface area contributed by atoms with Crippen LogP contribution in [0.2, 0.25) is 0 Å². The summed E-state index contributed by atoms with van der Waals surface area (Å²) >= 11 is 0. The number of carbonyl (C=O) groups is 1. The zero-order valence-corrected chi connectivity index (χ0v) is 5.77. The molecule has 0 amide bonds. The van der Waals surface area contributed by atoms with E-state index in [0.29, 0.717) is 6.29 Å². The van der Waals surface area contributed by atoms with Crippen LogP contribution in [0.15, 0.2) is 0 Å². The highest BCUT2D eigenvalue weighted by molar-refractivity contribution is 5.53. The number of alkyl halides is 3. The average Bonchev–Trinajstić information content (AvgIpc) is 1.83. The van der Waals surface area contributed by atoms with Crippen LogP contribution in [0.1, 0.15) is 13.8 Å². The van der Waals surface area contributed by atoms with E-state index in [-0.39, 0.29) is 0 Å². The molecule has 4 heteroatoms. The van der Waals surface area contributed by atoms with Gasteiger partial charge in [-0.05, 0) is 0 Å². The van der Waals surface area contributed by atoms with Crippen LogP contribution >= 0.6 is 0 Å². The molecule has 0 N–H and O–H groups in total. The van der Waals surface area contributed by atoms with E-state index in [1.54, 1.807) is 0 Å². The average molecular weight is 154 g/mol. The summed E-state index contributed by atoms with van der Waals surface area (Å²) in [5.74, 6) is -2.48. The number of carbonyl (C=O) groups excluding carboxylic acids is 1. The first kappa shape index (κ1) is 9.46. The van der Waals surface area contributed by atoms with E-state index < -0.39 is 18.0 Å². The van der Waals surface area contributed by atoms with Crippen molar-refractivity contribution >= 4 is 6.29 Å². The van der Waals surface area contributed by atoms with E-state index in [1.165, 1.54) is 6.92 Å². The summed E-state index contributed by atoms with van der Waals surface area (Å²) in [5, 5.41) is 0. The first-order valence-corrected chi connectivity index (χ1v) is 2.91. The van der Waals surface area contributed by atoms with Gasteiger partial charge in [-0.3, -0.25) is 0 Å². The Hall–Kier alpha value is -0.540. The van der Waals surface area contributed by atoms with Crippen LogP contribution in [0.3, 0.4) is 0 Å². The molecule has 2 unspecified atom stereocenters. The number of hydrogen-bond donors (Lipinski definition) is 0. The largest absolute Gasteiger partial charge is 0.392 e. The maximum atomic E-state index is 11.7. The molecule has 2 atom stereocenters. The van der Waals surface area contributed by atoms with Gasteiger partial charge in [0.1, 0.15) is 6.29 Å². The Morgan fingerprint density at radius 2 is 1.70 bits per heavy atom.